The predicted octanol–water partition coefficient (Wildman–Crippen LogP) is 3.09. The molecule has 0 saturated carbocycles. The van der Waals surface area contributed by atoms with Gasteiger partial charge in [0, 0.05) is 0 Å². The van der Waals surface area contributed by atoms with Crippen LogP contribution in [0.3, 0.4) is 0 Å². The molecule has 6 heteroatoms. The average Bonchev–Trinajstić information content (AvgIpc) is 2.25. The van der Waals surface area contributed by atoms with Crippen molar-refractivity contribution in [2.45, 2.75) is 39.0 Å². The normalized spacial score (nSPS) is 12.3. The van der Waals surface area contributed by atoms with Crippen molar-refractivity contribution in [2.75, 3.05) is 0 Å². The van der Waals surface area contributed by atoms with Crippen molar-refractivity contribution in [3.63, 3.8) is 0 Å². The van der Waals surface area contributed by atoms with Crippen LogP contribution in [0.15, 0.2) is 24.3 Å². The number of hydroxylamine groups is 1. The molecule has 1 N–H and O–H groups in total. The highest BCUT2D eigenvalue weighted by molar-refractivity contribution is 5.77. The van der Waals surface area contributed by atoms with Gasteiger partial charge >= 0.3 is 6.18 Å². The third-order valence-corrected chi connectivity index (χ3v) is 2.12. The number of carbonyl (C=O) groups is 1. The van der Waals surface area contributed by atoms with E-state index in [9.17, 15) is 18.0 Å². The molecule has 0 aliphatic heterocycles. The highest BCUT2D eigenvalue weighted by atomic mass is 19.4. The number of hydrogen-bond acceptors (Lipinski definition) is 2. The molecule has 0 radical (unpaired) electrons. The Hall–Kier alpha value is -1.56. The molecule has 0 atom stereocenters. The van der Waals surface area contributed by atoms with E-state index < -0.39 is 23.2 Å². The number of amides is 1. The maximum Gasteiger partial charge on any atom is 0.416 e. The van der Waals surface area contributed by atoms with E-state index in [0.29, 0.717) is 5.56 Å². The molecule has 0 saturated heterocycles. The van der Waals surface area contributed by atoms with Crippen LogP contribution in [0.2, 0.25) is 0 Å². The van der Waals surface area contributed by atoms with Crippen LogP contribution in [-0.4, -0.2) is 11.5 Å². The van der Waals surface area contributed by atoms with Crippen molar-refractivity contribution in [1.29, 1.82) is 0 Å². The number of rotatable bonds is 3. The van der Waals surface area contributed by atoms with Crippen molar-refractivity contribution in [1.82, 2.24) is 5.48 Å². The Kier molecular flexibility index (Phi) is 4.57. The molecular weight excluding hydrogens is 259 g/mol. The Balaban J connectivity index is 2.56. The molecule has 1 aromatic carbocycles. The van der Waals surface area contributed by atoms with E-state index in [2.05, 4.69) is 5.48 Å². The maximum absolute atomic E-state index is 12.3. The summed E-state index contributed by atoms with van der Waals surface area (Å²) in [6, 6.07) is 4.46. The molecule has 0 unspecified atom stereocenters. The lowest BCUT2D eigenvalue weighted by Crippen LogP contribution is -2.34. The largest absolute Gasteiger partial charge is 0.416 e. The lowest BCUT2D eigenvalue weighted by Gasteiger charge is -2.18. The fourth-order valence-corrected chi connectivity index (χ4v) is 1.24. The zero-order valence-corrected chi connectivity index (χ0v) is 11.0. The Morgan fingerprint density at radius 2 is 1.68 bits per heavy atom. The molecule has 106 valence electrons. The first-order valence-corrected chi connectivity index (χ1v) is 5.71. The summed E-state index contributed by atoms with van der Waals surface area (Å²) < 4.78 is 37.0. The Morgan fingerprint density at radius 1 is 1.16 bits per heavy atom. The average molecular weight is 275 g/mol. The molecule has 0 bridgehead atoms. The van der Waals surface area contributed by atoms with E-state index in [1.54, 1.807) is 20.8 Å². The van der Waals surface area contributed by atoms with Crippen LogP contribution >= 0.6 is 0 Å². The molecule has 1 aromatic rings. The minimum Gasteiger partial charge on any atom is -0.272 e. The summed E-state index contributed by atoms with van der Waals surface area (Å²) in [6.45, 7) is 5.31. The molecule has 0 aliphatic carbocycles. The van der Waals surface area contributed by atoms with Gasteiger partial charge in [0.25, 0.3) is 0 Å². The number of nitrogens with one attached hydrogen (secondary N) is 1. The summed E-state index contributed by atoms with van der Waals surface area (Å²) in [5.41, 5.74) is 1.49. The molecule has 0 aromatic heterocycles. The fourth-order valence-electron chi connectivity index (χ4n) is 1.24. The second-order valence-corrected chi connectivity index (χ2v) is 5.11. The highest BCUT2D eigenvalue weighted by Crippen LogP contribution is 2.29. The quantitative estimate of drug-likeness (QED) is 0.861. The van der Waals surface area contributed by atoms with E-state index in [-0.39, 0.29) is 6.42 Å². The van der Waals surface area contributed by atoms with Gasteiger partial charge in [-0.25, -0.2) is 5.48 Å². The highest BCUT2D eigenvalue weighted by Gasteiger charge is 2.29. The van der Waals surface area contributed by atoms with Crippen molar-refractivity contribution in [3.8, 4) is 0 Å². The van der Waals surface area contributed by atoms with Crippen LogP contribution in [0.5, 0.6) is 0 Å². The van der Waals surface area contributed by atoms with E-state index in [1.807, 2.05) is 0 Å². The minimum absolute atomic E-state index is 0.0335. The number of benzene rings is 1. The number of halogens is 3. The van der Waals surface area contributed by atoms with E-state index in [4.69, 9.17) is 4.84 Å². The zero-order valence-electron chi connectivity index (χ0n) is 11.0. The van der Waals surface area contributed by atoms with Crippen LogP contribution < -0.4 is 5.48 Å². The van der Waals surface area contributed by atoms with Gasteiger partial charge < -0.3 is 0 Å². The first-order chi connectivity index (χ1) is 8.58. The van der Waals surface area contributed by atoms with Crippen LogP contribution in [-0.2, 0) is 22.2 Å². The first kappa shape index (κ1) is 15.5. The van der Waals surface area contributed by atoms with Crippen molar-refractivity contribution in [2.24, 2.45) is 0 Å². The van der Waals surface area contributed by atoms with Crippen LogP contribution in [0.4, 0.5) is 13.2 Å². The van der Waals surface area contributed by atoms with Gasteiger partial charge in [0.2, 0.25) is 5.91 Å². The van der Waals surface area contributed by atoms with Crippen molar-refractivity contribution >= 4 is 5.91 Å². The molecule has 0 fully saturated rings. The topological polar surface area (TPSA) is 38.3 Å². The van der Waals surface area contributed by atoms with Gasteiger partial charge in [0.15, 0.2) is 0 Å². The Morgan fingerprint density at radius 3 is 2.11 bits per heavy atom. The predicted molar refractivity (Wildman–Crippen MR) is 64.1 cm³/mol. The van der Waals surface area contributed by atoms with Crippen molar-refractivity contribution in [3.05, 3.63) is 35.4 Å². The van der Waals surface area contributed by atoms with Crippen LogP contribution in [0, 0.1) is 0 Å². The minimum atomic E-state index is -4.36. The monoisotopic (exact) mass is 275 g/mol. The first-order valence-electron chi connectivity index (χ1n) is 5.71. The third-order valence-electron chi connectivity index (χ3n) is 2.12. The van der Waals surface area contributed by atoms with Gasteiger partial charge in [0.05, 0.1) is 17.6 Å². The standard InChI is InChI=1S/C13H16F3NO2/c1-12(2,3)19-17-11(18)8-9-4-6-10(7-5-9)13(14,15)16/h4-7H,8H2,1-3H3,(H,17,18). The second-order valence-electron chi connectivity index (χ2n) is 5.11. The van der Waals surface area contributed by atoms with Gasteiger partial charge in [-0.2, -0.15) is 13.2 Å². The van der Waals surface area contributed by atoms with E-state index in [0.717, 1.165) is 12.1 Å². The summed E-state index contributed by atoms with van der Waals surface area (Å²) >= 11 is 0. The lowest BCUT2D eigenvalue weighted by atomic mass is 10.1. The van der Waals surface area contributed by atoms with Crippen LogP contribution in [0.25, 0.3) is 0 Å². The summed E-state index contributed by atoms with van der Waals surface area (Å²) in [4.78, 5) is 16.5. The van der Waals surface area contributed by atoms with Gasteiger partial charge in [-0.05, 0) is 38.5 Å². The third kappa shape index (κ3) is 5.74. The van der Waals surface area contributed by atoms with Gasteiger partial charge in [0.1, 0.15) is 0 Å². The molecule has 0 heterocycles. The van der Waals surface area contributed by atoms with Gasteiger partial charge in [-0.1, -0.05) is 12.1 Å². The molecule has 19 heavy (non-hydrogen) atoms. The number of alkyl halides is 3. The van der Waals surface area contributed by atoms with Gasteiger partial charge in [-0.15, -0.1) is 0 Å². The zero-order chi connectivity index (χ0) is 14.7. The number of carbonyl (C=O) groups excluding carboxylic acids is 1. The molecule has 0 spiro atoms. The number of hydrogen-bond donors (Lipinski definition) is 1. The van der Waals surface area contributed by atoms with E-state index in [1.165, 1.54) is 12.1 Å². The second kappa shape index (κ2) is 5.61. The summed E-state index contributed by atoms with van der Waals surface area (Å²) in [5.74, 6) is -0.408. The molecule has 1 rings (SSSR count). The fraction of sp³-hybridized carbons (Fsp3) is 0.462. The van der Waals surface area contributed by atoms with Crippen LogP contribution in [0.1, 0.15) is 31.9 Å². The lowest BCUT2D eigenvalue weighted by molar-refractivity contribution is -0.144. The summed E-state index contributed by atoms with van der Waals surface area (Å²) in [7, 11) is 0. The molecule has 0 aliphatic rings. The smallest absolute Gasteiger partial charge is 0.272 e. The molecule has 1 amide bonds. The summed E-state index contributed by atoms with van der Waals surface area (Å²) in [5, 5.41) is 0. The maximum atomic E-state index is 12.3. The Labute approximate surface area is 109 Å². The van der Waals surface area contributed by atoms with Crippen molar-refractivity contribution < 1.29 is 22.8 Å². The SMILES string of the molecule is CC(C)(C)ONC(=O)Cc1ccc(C(F)(F)F)cc1. The van der Waals surface area contributed by atoms with E-state index >= 15 is 0 Å². The molecule has 3 nitrogen and oxygen atoms in total. The summed E-state index contributed by atoms with van der Waals surface area (Å²) in [6.07, 6.45) is -4.40. The Bertz CT molecular complexity index is 433. The van der Waals surface area contributed by atoms with Gasteiger partial charge in [-0.3, -0.25) is 9.63 Å². The molecular formula is C13H16F3NO2.